The van der Waals surface area contributed by atoms with Crippen LogP contribution in [-0.4, -0.2) is 11.6 Å². The SMILES string of the molecule is CCn1ccc2cccc(CNC)c21. The van der Waals surface area contributed by atoms with E-state index in [2.05, 4.69) is 47.3 Å². The van der Waals surface area contributed by atoms with Crippen LogP contribution < -0.4 is 5.32 Å². The second-order valence-electron chi connectivity index (χ2n) is 3.49. The zero-order chi connectivity index (χ0) is 9.97. The van der Waals surface area contributed by atoms with Crippen LogP contribution in [0.15, 0.2) is 30.5 Å². The number of nitrogens with zero attached hydrogens (tertiary/aromatic N) is 1. The van der Waals surface area contributed by atoms with E-state index in [1.807, 2.05) is 7.05 Å². The van der Waals surface area contributed by atoms with Gasteiger partial charge in [-0.15, -0.1) is 0 Å². The molecule has 0 atom stereocenters. The van der Waals surface area contributed by atoms with Crippen LogP contribution in [0.3, 0.4) is 0 Å². The molecule has 1 aromatic heterocycles. The average Bonchev–Trinajstić information content (AvgIpc) is 2.62. The standard InChI is InChI=1S/C12H16N2/c1-3-14-8-7-10-5-4-6-11(9-13-2)12(10)14/h4-8,13H,3,9H2,1-2H3. The fourth-order valence-corrected chi connectivity index (χ4v) is 1.94. The fourth-order valence-electron chi connectivity index (χ4n) is 1.94. The van der Waals surface area contributed by atoms with E-state index in [-0.39, 0.29) is 0 Å². The maximum Gasteiger partial charge on any atom is 0.0525 e. The molecule has 0 radical (unpaired) electrons. The number of nitrogens with one attached hydrogen (secondary N) is 1. The molecule has 0 spiro atoms. The molecule has 0 amide bonds. The van der Waals surface area contributed by atoms with Crippen LogP contribution in [0, 0.1) is 0 Å². The molecule has 2 nitrogen and oxygen atoms in total. The van der Waals surface area contributed by atoms with E-state index in [0.29, 0.717) is 0 Å². The van der Waals surface area contributed by atoms with E-state index in [4.69, 9.17) is 0 Å². The van der Waals surface area contributed by atoms with Crippen molar-refractivity contribution in [1.29, 1.82) is 0 Å². The first kappa shape index (κ1) is 9.28. The number of benzene rings is 1. The predicted octanol–water partition coefficient (Wildman–Crippen LogP) is 2.38. The molecule has 14 heavy (non-hydrogen) atoms. The monoisotopic (exact) mass is 188 g/mol. The summed E-state index contributed by atoms with van der Waals surface area (Å²) in [6.07, 6.45) is 2.16. The minimum absolute atomic E-state index is 0.932. The average molecular weight is 188 g/mol. The quantitative estimate of drug-likeness (QED) is 0.782. The highest BCUT2D eigenvalue weighted by Crippen LogP contribution is 2.20. The molecule has 0 aliphatic heterocycles. The zero-order valence-corrected chi connectivity index (χ0v) is 8.75. The van der Waals surface area contributed by atoms with Gasteiger partial charge in [-0.05, 0) is 31.0 Å². The third kappa shape index (κ3) is 1.42. The van der Waals surface area contributed by atoms with Crippen molar-refractivity contribution in [3.8, 4) is 0 Å². The molecule has 0 saturated heterocycles. The van der Waals surface area contributed by atoms with Crippen LogP contribution in [0.4, 0.5) is 0 Å². The van der Waals surface area contributed by atoms with Crippen LogP contribution in [0.25, 0.3) is 10.9 Å². The van der Waals surface area contributed by atoms with Crippen molar-refractivity contribution in [3.63, 3.8) is 0 Å². The third-order valence-corrected chi connectivity index (χ3v) is 2.58. The molecular formula is C12H16N2. The van der Waals surface area contributed by atoms with Gasteiger partial charge in [-0.3, -0.25) is 0 Å². The lowest BCUT2D eigenvalue weighted by Crippen LogP contribution is -2.07. The topological polar surface area (TPSA) is 17.0 Å². The molecule has 0 aliphatic carbocycles. The van der Waals surface area contributed by atoms with Crippen molar-refractivity contribution in [2.45, 2.75) is 20.0 Å². The molecule has 1 N–H and O–H groups in total. The Bertz CT molecular complexity index is 429. The van der Waals surface area contributed by atoms with Crippen LogP contribution in [0.1, 0.15) is 12.5 Å². The molecule has 0 aliphatic rings. The van der Waals surface area contributed by atoms with E-state index >= 15 is 0 Å². The van der Waals surface area contributed by atoms with E-state index in [9.17, 15) is 0 Å². The number of rotatable bonds is 3. The molecule has 2 heteroatoms. The zero-order valence-electron chi connectivity index (χ0n) is 8.75. The highest BCUT2D eigenvalue weighted by molar-refractivity contribution is 5.83. The summed E-state index contributed by atoms with van der Waals surface area (Å²) in [6, 6.07) is 8.65. The first-order valence-electron chi connectivity index (χ1n) is 5.08. The Kier molecular flexibility index (Phi) is 2.55. The van der Waals surface area contributed by atoms with Gasteiger partial charge < -0.3 is 9.88 Å². The lowest BCUT2D eigenvalue weighted by Gasteiger charge is -2.07. The summed E-state index contributed by atoms with van der Waals surface area (Å²) in [7, 11) is 1.98. The van der Waals surface area contributed by atoms with Gasteiger partial charge in [-0.2, -0.15) is 0 Å². The molecule has 1 aromatic carbocycles. The Labute approximate surface area is 84.5 Å². The van der Waals surface area contributed by atoms with Crippen LogP contribution in [0.2, 0.25) is 0 Å². The van der Waals surface area contributed by atoms with Gasteiger partial charge in [-0.1, -0.05) is 18.2 Å². The number of para-hydroxylation sites is 1. The largest absolute Gasteiger partial charge is 0.347 e. The van der Waals surface area contributed by atoms with Gasteiger partial charge in [0.1, 0.15) is 0 Å². The van der Waals surface area contributed by atoms with Crippen molar-refractivity contribution < 1.29 is 0 Å². The van der Waals surface area contributed by atoms with E-state index in [1.54, 1.807) is 0 Å². The van der Waals surface area contributed by atoms with E-state index in [0.717, 1.165) is 13.1 Å². The number of aryl methyl sites for hydroxylation is 1. The third-order valence-electron chi connectivity index (χ3n) is 2.58. The Balaban J connectivity index is 2.62. The number of hydrogen-bond acceptors (Lipinski definition) is 1. The van der Waals surface area contributed by atoms with Gasteiger partial charge in [-0.25, -0.2) is 0 Å². The Morgan fingerprint density at radius 3 is 2.86 bits per heavy atom. The van der Waals surface area contributed by atoms with Crippen molar-refractivity contribution in [2.75, 3.05) is 7.05 Å². The van der Waals surface area contributed by atoms with Crippen molar-refractivity contribution >= 4 is 10.9 Å². The summed E-state index contributed by atoms with van der Waals surface area (Å²) in [4.78, 5) is 0. The molecule has 0 fully saturated rings. The molecular weight excluding hydrogens is 172 g/mol. The second-order valence-corrected chi connectivity index (χ2v) is 3.49. The van der Waals surface area contributed by atoms with Crippen molar-refractivity contribution in [2.24, 2.45) is 0 Å². The summed E-state index contributed by atoms with van der Waals surface area (Å²) in [5.74, 6) is 0. The second kappa shape index (κ2) is 3.84. The summed E-state index contributed by atoms with van der Waals surface area (Å²) in [5.41, 5.74) is 2.74. The van der Waals surface area contributed by atoms with Gasteiger partial charge in [0, 0.05) is 19.3 Å². The fraction of sp³-hybridized carbons (Fsp3) is 0.333. The molecule has 74 valence electrons. The summed E-state index contributed by atoms with van der Waals surface area (Å²) in [6.45, 7) is 4.14. The number of fused-ring (bicyclic) bond motifs is 1. The van der Waals surface area contributed by atoms with Gasteiger partial charge in [0.15, 0.2) is 0 Å². The van der Waals surface area contributed by atoms with Gasteiger partial charge >= 0.3 is 0 Å². The maximum absolute atomic E-state index is 3.20. The molecule has 2 aromatic rings. The normalized spacial score (nSPS) is 11.0. The minimum atomic E-state index is 0.932. The van der Waals surface area contributed by atoms with Gasteiger partial charge in [0.2, 0.25) is 0 Å². The first-order valence-corrected chi connectivity index (χ1v) is 5.08. The summed E-state index contributed by atoms with van der Waals surface area (Å²) >= 11 is 0. The predicted molar refractivity (Wildman–Crippen MR) is 60.4 cm³/mol. The molecule has 1 heterocycles. The summed E-state index contributed by atoms with van der Waals surface area (Å²) < 4.78 is 2.29. The Hall–Kier alpha value is -1.28. The van der Waals surface area contributed by atoms with Crippen molar-refractivity contribution in [3.05, 3.63) is 36.0 Å². The molecule has 0 saturated carbocycles. The van der Waals surface area contributed by atoms with E-state index < -0.39 is 0 Å². The Morgan fingerprint density at radius 2 is 2.14 bits per heavy atom. The minimum Gasteiger partial charge on any atom is -0.347 e. The summed E-state index contributed by atoms with van der Waals surface area (Å²) in [5, 5.41) is 4.54. The van der Waals surface area contributed by atoms with Gasteiger partial charge in [0.25, 0.3) is 0 Å². The molecule has 0 bridgehead atoms. The Morgan fingerprint density at radius 1 is 1.29 bits per heavy atom. The van der Waals surface area contributed by atoms with Crippen LogP contribution in [-0.2, 0) is 13.1 Å². The van der Waals surface area contributed by atoms with Crippen LogP contribution >= 0.6 is 0 Å². The smallest absolute Gasteiger partial charge is 0.0525 e. The van der Waals surface area contributed by atoms with Crippen molar-refractivity contribution in [1.82, 2.24) is 9.88 Å². The highest BCUT2D eigenvalue weighted by atomic mass is 15.0. The maximum atomic E-state index is 3.20. The lowest BCUT2D eigenvalue weighted by atomic mass is 10.1. The number of hydrogen-bond donors (Lipinski definition) is 1. The van der Waals surface area contributed by atoms with Crippen LogP contribution in [0.5, 0.6) is 0 Å². The van der Waals surface area contributed by atoms with E-state index in [1.165, 1.54) is 16.5 Å². The highest BCUT2D eigenvalue weighted by Gasteiger charge is 2.03. The molecule has 2 rings (SSSR count). The lowest BCUT2D eigenvalue weighted by molar-refractivity contribution is 0.776. The van der Waals surface area contributed by atoms with Gasteiger partial charge in [0.05, 0.1) is 5.52 Å². The number of aromatic nitrogens is 1. The first-order chi connectivity index (χ1) is 6.86. The molecule has 0 unspecified atom stereocenters.